The van der Waals surface area contributed by atoms with E-state index in [-0.39, 0.29) is 0 Å². The number of hydrogen-bond acceptors (Lipinski definition) is 5. The summed E-state index contributed by atoms with van der Waals surface area (Å²) >= 11 is 0. The Morgan fingerprint density at radius 2 is 2.15 bits per heavy atom. The van der Waals surface area contributed by atoms with Crippen molar-refractivity contribution in [2.24, 2.45) is 5.84 Å². The third kappa shape index (κ3) is 1.29. The predicted octanol–water partition coefficient (Wildman–Crippen LogP) is 0.619. The molecule has 2 heterocycles. The number of aromatic nitrogens is 3. The van der Waals surface area contributed by atoms with Gasteiger partial charge in [-0.15, -0.1) is 0 Å². The van der Waals surface area contributed by atoms with Gasteiger partial charge < -0.3 is 5.43 Å². The fourth-order valence-corrected chi connectivity index (χ4v) is 1.13. The topological polar surface area (TPSA) is 76.7 Å². The van der Waals surface area contributed by atoms with Crippen LogP contribution in [0.25, 0.3) is 11.0 Å². The molecular weight excluding hydrogens is 166 g/mol. The zero-order valence-electron chi connectivity index (χ0n) is 7.15. The van der Waals surface area contributed by atoms with E-state index in [0.29, 0.717) is 5.82 Å². The van der Waals surface area contributed by atoms with Gasteiger partial charge in [-0.1, -0.05) is 0 Å². The molecule has 0 bridgehead atoms. The molecule has 13 heavy (non-hydrogen) atoms. The molecule has 5 nitrogen and oxygen atoms in total. The molecule has 0 radical (unpaired) electrons. The summed E-state index contributed by atoms with van der Waals surface area (Å²) in [5.74, 6) is 5.85. The second kappa shape index (κ2) is 2.95. The highest BCUT2D eigenvalue weighted by atomic mass is 15.3. The van der Waals surface area contributed by atoms with Crippen LogP contribution in [0.3, 0.4) is 0 Å². The Balaban J connectivity index is 2.74. The van der Waals surface area contributed by atoms with Crippen molar-refractivity contribution in [1.29, 1.82) is 0 Å². The number of nitrogens with one attached hydrogen (secondary N) is 1. The van der Waals surface area contributed by atoms with E-state index < -0.39 is 0 Å². The van der Waals surface area contributed by atoms with Crippen LogP contribution in [0, 0.1) is 6.92 Å². The van der Waals surface area contributed by atoms with Gasteiger partial charge in [0.05, 0.1) is 17.4 Å². The SMILES string of the molecule is Cc1nc2ccncc2nc1NN. The molecule has 2 rings (SSSR count). The molecule has 0 fully saturated rings. The smallest absolute Gasteiger partial charge is 0.162 e. The van der Waals surface area contributed by atoms with E-state index in [0.717, 1.165) is 16.7 Å². The minimum atomic E-state index is 0.584. The van der Waals surface area contributed by atoms with Crippen molar-refractivity contribution >= 4 is 16.9 Å². The average Bonchev–Trinajstić information content (AvgIpc) is 2.17. The van der Waals surface area contributed by atoms with Gasteiger partial charge in [-0.3, -0.25) is 4.98 Å². The summed E-state index contributed by atoms with van der Waals surface area (Å²) in [6.07, 6.45) is 3.34. The molecule has 66 valence electrons. The molecule has 2 aromatic rings. The molecule has 0 amide bonds. The Kier molecular flexibility index (Phi) is 1.79. The van der Waals surface area contributed by atoms with Crippen molar-refractivity contribution in [3.05, 3.63) is 24.2 Å². The Hall–Kier alpha value is -1.75. The summed E-state index contributed by atoms with van der Waals surface area (Å²) < 4.78 is 0. The molecule has 5 heteroatoms. The maximum Gasteiger partial charge on any atom is 0.162 e. The normalized spacial score (nSPS) is 10.3. The number of nitrogen functional groups attached to an aromatic ring is 1. The van der Waals surface area contributed by atoms with Crippen molar-refractivity contribution < 1.29 is 0 Å². The molecule has 3 N–H and O–H groups in total. The van der Waals surface area contributed by atoms with Crippen LogP contribution >= 0.6 is 0 Å². The first-order chi connectivity index (χ1) is 6.31. The van der Waals surface area contributed by atoms with Gasteiger partial charge >= 0.3 is 0 Å². The molecule has 0 atom stereocenters. The molecule has 0 aliphatic heterocycles. The number of rotatable bonds is 1. The Bertz CT molecular complexity index is 439. The molecule has 0 saturated heterocycles. The summed E-state index contributed by atoms with van der Waals surface area (Å²) in [4.78, 5) is 12.5. The van der Waals surface area contributed by atoms with E-state index in [1.165, 1.54) is 0 Å². The quantitative estimate of drug-likeness (QED) is 0.490. The van der Waals surface area contributed by atoms with Gasteiger partial charge in [0.2, 0.25) is 0 Å². The van der Waals surface area contributed by atoms with Crippen molar-refractivity contribution in [3.63, 3.8) is 0 Å². The zero-order chi connectivity index (χ0) is 9.26. The number of nitrogens with two attached hydrogens (primary N) is 1. The molecule has 0 spiro atoms. The maximum atomic E-state index is 5.27. The Labute approximate surface area is 75.0 Å². The lowest BCUT2D eigenvalue weighted by molar-refractivity contribution is 1.13. The van der Waals surface area contributed by atoms with Gasteiger partial charge in [-0.05, 0) is 13.0 Å². The minimum Gasteiger partial charge on any atom is -0.307 e. The molecule has 0 aromatic carbocycles. The van der Waals surface area contributed by atoms with Crippen molar-refractivity contribution in [2.45, 2.75) is 6.92 Å². The van der Waals surface area contributed by atoms with Gasteiger partial charge in [0.25, 0.3) is 0 Å². The third-order valence-corrected chi connectivity index (χ3v) is 1.78. The molecular formula is C8H9N5. The molecule has 0 aliphatic carbocycles. The van der Waals surface area contributed by atoms with Crippen LogP contribution in [-0.4, -0.2) is 15.0 Å². The minimum absolute atomic E-state index is 0.584. The summed E-state index contributed by atoms with van der Waals surface area (Å²) in [7, 11) is 0. The lowest BCUT2D eigenvalue weighted by Crippen LogP contribution is -2.11. The molecule has 0 unspecified atom stereocenters. The highest BCUT2D eigenvalue weighted by Gasteiger charge is 2.02. The molecule has 0 aliphatic rings. The van der Waals surface area contributed by atoms with Gasteiger partial charge in [-0.2, -0.15) is 0 Å². The van der Waals surface area contributed by atoms with Gasteiger partial charge in [0, 0.05) is 6.20 Å². The van der Waals surface area contributed by atoms with E-state index in [2.05, 4.69) is 20.4 Å². The number of pyridine rings is 1. The summed E-state index contributed by atoms with van der Waals surface area (Å²) in [6.45, 7) is 1.85. The number of nitrogens with zero attached hydrogens (tertiary/aromatic N) is 3. The fraction of sp³-hybridized carbons (Fsp3) is 0.125. The van der Waals surface area contributed by atoms with Crippen molar-refractivity contribution in [2.75, 3.05) is 5.43 Å². The maximum absolute atomic E-state index is 5.27. The van der Waals surface area contributed by atoms with Gasteiger partial charge in [-0.25, -0.2) is 15.8 Å². The summed E-state index contributed by atoms with van der Waals surface area (Å²) in [5, 5.41) is 0. The van der Waals surface area contributed by atoms with Gasteiger partial charge in [0.15, 0.2) is 5.82 Å². The van der Waals surface area contributed by atoms with Crippen molar-refractivity contribution in [1.82, 2.24) is 15.0 Å². The average molecular weight is 175 g/mol. The summed E-state index contributed by atoms with van der Waals surface area (Å²) in [6, 6.07) is 1.82. The number of anilines is 1. The Morgan fingerprint density at radius 1 is 1.31 bits per heavy atom. The van der Waals surface area contributed by atoms with Crippen LogP contribution in [-0.2, 0) is 0 Å². The lowest BCUT2D eigenvalue weighted by Gasteiger charge is -2.03. The van der Waals surface area contributed by atoms with Crippen LogP contribution in [0.5, 0.6) is 0 Å². The first-order valence-electron chi connectivity index (χ1n) is 3.86. The van der Waals surface area contributed by atoms with Crippen LogP contribution in [0.2, 0.25) is 0 Å². The van der Waals surface area contributed by atoms with E-state index >= 15 is 0 Å². The van der Waals surface area contributed by atoms with Crippen LogP contribution in [0.4, 0.5) is 5.82 Å². The predicted molar refractivity (Wildman–Crippen MR) is 49.9 cm³/mol. The highest BCUT2D eigenvalue weighted by molar-refractivity contribution is 5.74. The zero-order valence-corrected chi connectivity index (χ0v) is 7.15. The summed E-state index contributed by atoms with van der Waals surface area (Å²) in [5.41, 5.74) is 4.83. The monoisotopic (exact) mass is 175 g/mol. The highest BCUT2D eigenvalue weighted by Crippen LogP contribution is 2.13. The molecule has 2 aromatic heterocycles. The fourth-order valence-electron chi connectivity index (χ4n) is 1.13. The second-order valence-corrected chi connectivity index (χ2v) is 2.67. The van der Waals surface area contributed by atoms with E-state index in [1.807, 2.05) is 13.0 Å². The second-order valence-electron chi connectivity index (χ2n) is 2.67. The van der Waals surface area contributed by atoms with Crippen LogP contribution < -0.4 is 11.3 Å². The number of hydrazine groups is 1. The number of hydrogen-bond donors (Lipinski definition) is 2. The van der Waals surface area contributed by atoms with E-state index in [4.69, 9.17) is 5.84 Å². The van der Waals surface area contributed by atoms with Crippen LogP contribution in [0.15, 0.2) is 18.5 Å². The Morgan fingerprint density at radius 3 is 2.92 bits per heavy atom. The third-order valence-electron chi connectivity index (χ3n) is 1.78. The van der Waals surface area contributed by atoms with E-state index in [1.54, 1.807) is 12.4 Å². The van der Waals surface area contributed by atoms with E-state index in [9.17, 15) is 0 Å². The van der Waals surface area contributed by atoms with Crippen molar-refractivity contribution in [3.8, 4) is 0 Å². The first kappa shape index (κ1) is 7.88. The standard InChI is InChI=1S/C8H9N5/c1-5-8(13-9)12-7-4-10-3-2-6(7)11-5/h2-4H,9H2,1H3,(H,12,13). The lowest BCUT2D eigenvalue weighted by atomic mass is 10.3. The number of aryl methyl sites for hydroxylation is 1. The number of fused-ring (bicyclic) bond motifs is 1. The first-order valence-corrected chi connectivity index (χ1v) is 3.86. The molecule has 0 saturated carbocycles. The van der Waals surface area contributed by atoms with Gasteiger partial charge in [0.1, 0.15) is 5.52 Å². The van der Waals surface area contributed by atoms with Crippen LogP contribution in [0.1, 0.15) is 5.69 Å². The largest absolute Gasteiger partial charge is 0.307 e.